The van der Waals surface area contributed by atoms with Crippen molar-refractivity contribution in [1.29, 1.82) is 0 Å². The zero-order valence-corrected chi connectivity index (χ0v) is 15.5. The first kappa shape index (κ1) is 18.9. The summed E-state index contributed by atoms with van der Waals surface area (Å²) in [7, 11) is 0. The Morgan fingerprint density at radius 2 is 1.38 bits per heavy atom. The summed E-state index contributed by atoms with van der Waals surface area (Å²) in [6.07, 6.45) is -1.96. The summed E-state index contributed by atoms with van der Waals surface area (Å²) in [5.41, 5.74) is 2.21. The summed E-state index contributed by atoms with van der Waals surface area (Å²) >= 11 is 0. The minimum Gasteiger partial charge on any atom is -0.487 e. The third-order valence-corrected chi connectivity index (χ3v) is 4.98. The monoisotopic (exact) mass is 391 g/mol. The van der Waals surface area contributed by atoms with Gasteiger partial charge in [0.05, 0.1) is 6.04 Å². The predicted octanol–water partition coefficient (Wildman–Crippen LogP) is 5.72. The number of carbonyl (C=O) groups excluding carboxylic acids is 1. The second-order valence-corrected chi connectivity index (χ2v) is 6.78. The van der Waals surface area contributed by atoms with Crippen molar-refractivity contribution in [2.45, 2.75) is 12.6 Å². The lowest BCUT2D eigenvalue weighted by molar-refractivity contribution is -0.131. The molecule has 1 amide bonds. The molecule has 3 nitrogen and oxygen atoms in total. The summed E-state index contributed by atoms with van der Waals surface area (Å²) in [4.78, 5) is 14.5. The number of carbonyl (C=O) groups is 1. The molecule has 29 heavy (non-hydrogen) atoms. The van der Waals surface area contributed by atoms with Crippen molar-refractivity contribution in [1.82, 2.24) is 0 Å². The molecule has 1 fully saturated rings. The number of nitrogens with zero attached hydrogens (tertiary/aromatic N) is 1. The average molecular weight is 391 g/mol. The maximum absolute atomic E-state index is 13.8. The number of para-hydroxylation sites is 1. The molecule has 4 rings (SSSR count). The number of ether oxygens (including phenoxy) is 1. The minimum absolute atomic E-state index is 0.0237. The van der Waals surface area contributed by atoms with Crippen LogP contribution in [0.3, 0.4) is 0 Å². The molecule has 0 spiro atoms. The van der Waals surface area contributed by atoms with Crippen molar-refractivity contribution in [2.75, 3.05) is 4.90 Å². The van der Waals surface area contributed by atoms with Crippen LogP contribution in [-0.2, 0) is 16.1 Å². The largest absolute Gasteiger partial charge is 0.487 e. The van der Waals surface area contributed by atoms with Gasteiger partial charge in [-0.15, -0.1) is 0 Å². The first-order chi connectivity index (χ1) is 14.2. The molecule has 1 heterocycles. The molecule has 3 aromatic carbocycles. The third kappa shape index (κ3) is 3.76. The van der Waals surface area contributed by atoms with Gasteiger partial charge >= 0.3 is 6.08 Å². The normalized spacial score (nSPS) is 18.1. The van der Waals surface area contributed by atoms with E-state index in [1.165, 1.54) is 0 Å². The van der Waals surface area contributed by atoms with Gasteiger partial charge in [0, 0.05) is 5.69 Å². The van der Waals surface area contributed by atoms with E-state index in [9.17, 15) is 13.6 Å². The topological polar surface area (TPSA) is 29.5 Å². The molecule has 146 valence electrons. The van der Waals surface area contributed by atoms with Crippen LogP contribution in [0.15, 0.2) is 103 Å². The van der Waals surface area contributed by atoms with E-state index in [-0.39, 0.29) is 6.61 Å². The average Bonchev–Trinajstić information content (AvgIpc) is 2.76. The molecule has 0 N–H and O–H groups in total. The Morgan fingerprint density at radius 3 is 1.97 bits per heavy atom. The number of rotatable bonds is 6. The van der Waals surface area contributed by atoms with Gasteiger partial charge in [-0.3, -0.25) is 4.79 Å². The summed E-state index contributed by atoms with van der Waals surface area (Å²) in [6, 6.07) is 26.8. The number of β-lactam (4-membered cyclic amide) rings is 1. The highest BCUT2D eigenvalue weighted by Gasteiger charge is 2.53. The predicted molar refractivity (Wildman–Crippen MR) is 107 cm³/mol. The van der Waals surface area contributed by atoms with E-state index >= 15 is 0 Å². The Balaban J connectivity index is 1.66. The van der Waals surface area contributed by atoms with Crippen LogP contribution in [0.25, 0.3) is 0 Å². The number of halogens is 2. The van der Waals surface area contributed by atoms with Gasteiger partial charge in [-0.05, 0) is 23.3 Å². The quantitative estimate of drug-likeness (QED) is 0.398. The van der Waals surface area contributed by atoms with E-state index in [0.29, 0.717) is 5.69 Å². The summed E-state index contributed by atoms with van der Waals surface area (Å²) < 4.78 is 33.2. The fourth-order valence-electron chi connectivity index (χ4n) is 3.61. The Labute approximate surface area is 167 Å². The number of hydrogen-bond donors (Lipinski definition) is 0. The molecule has 5 heteroatoms. The molecule has 0 aliphatic carbocycles. The molecule has 0 aromatic heterocycles. The Hall–Kier alpha value is -3.47. The van der Waals surface area contributed by atoms with Gasteiger partial charge in [-0.25, -0.2) is 0 Å². The second-order valence-electron chi connectivity index (χ2n) is 6.78. The smallest absolute Gasteiger partial charge is 0.308 e. The highest BCUT2D eigenvalue weighted by atomic mass is 19.3. The van der Waals surface area contributed by atoms with E-state index in [1.807, 2.05) is 66.7 Å². The lowest BCUT2D eigenvalue weighted by Gasteiger charge is -2.47. The maximum atomic E-state index is 13.8. The van der Waals surface area contributed by atoms with Crippen LogP contribution in [0.5, 0.6) is 0 Å². The fourth-order valence-corrected chi connectivity index (χ4v) is 3.61. The Kier molecular flexibility index (Phi) is 5.38. The first-order valence-corrected chi connectivity index (χ1v) is 9.32. The molecule has 2 unspecified atom stereocenters. The number of amides is 1. The summed E-state index contributed by atoms with van der Waals surface area (Å²) in [6.45, 7) is -0.0237. The van der Waals surface area contributed by atoms with E-state index in [0.717, 1.165) is 11.1 Å². The lowest BCUT2D eigenvalue weighted by Crippen LogP contribution is -2.56. The van der Waals surface area contributed by atoms with Crippen molar-refractivity contribution in [3.05, 3.63) is 114 Å². The van der Waals surface area contributed by atoms with Gasteiger partial charge in [0.1, 0.15) is 12.5 Å². The minimum atomic E-state index is -1.96. The van der Waals surface area contributed by atoms with Crippen LogP contribution < -0.4 is 4.90 Å². The number of hydrogen-bond acceptors (Lipinski definition) is 2. The van der Waals surface area contributed by atoms with Crippen LogP contribution in [0, 0.1) is 5.92 Å². The van der Waals surface area contributed by atoms with E-state index < -0.39 is 29.7 Å². The van der Waals surface area contributed by atoms with Crippen LogP contribution in [0.1, 0.15) is 17.2 Å². The van der Waals surface area contributed by atoms with Gasteiger partial charge in [0.15, 0.2) is 5.76 Å². The maximum Gasteiger partial charge on any atom is 0.308 e. The zero-order valence-electron chi connectivity index (χ0n) is 15.5. The fraction of sp³-hybridized carbons (Fsp3) is 0.125. The highest BCUT2D eigenvalue weighted by molar-refractivity contribution is 6.04. The first-order valence-electron chi connectivity index (χ1n) is 9.32. The zero-order chi connectivity index (χ0) is 20.2. The lowest BCUT2D eigenvalue weighted by atomic mass is 9.80. The van der Waals surface area contributed by atoms with Gasteiger partial charge in [0.2, 0.25) is 5.91 Å². The van der Waals surface area contributed by atoms with Crippen LogP contribution in [-0.4, -0.2) is 5.91 Å². The molecule has 0 radical (unpaired) electrons. The molecule has 1 aliphatic rings. The van der Waals surface area contributed by atoms with Crippen molar-refractivity contribution in [2.24, 2.45) is 5.92 Å². The molecule has 0 saturated carbocycles. The van der Waals surface area contributed by atoms with E-state index in [2.05, 4.69) is 0 Å². The number of anilines is 1. The molecule has 2 atom stereocenters. The molecule has 1 aliphatic heterocycles. The Morgan fingerprint density at radius 1 is 0.828 bits per heavy atom. The molecular weight excluding hydrogens is 372 g/mol. The standard InChI is InChI=1S/C24H19F2NO2/c25-23(26)22(29-16-17-10-4-1-5-11-17)20-21(18-12-6-2-7-13-18)27(24(20)28)19-14-8-3-9-15-19/h1-15,20-21H,16H2. The van der Waals surface area contributed by atoms with Gasteiger partial charge < -0.3 is 9.64 Å². The van der Waals surface area contributed by atoms with Gasteiger partial charge in [-0.1, -0.05) is 78.9 Å². The summed E-state index contributed by atoms with van der Waals surface area (Å²) in [5, 5.41) is 0. The van der Waals surface area contributed by atoms with Crippen molar-refractivity contribution in [3.8, 4) is 0 Å². The van der Waals surface area contributed by atoms with Crippen LogP contribution in [0.2, 0.25) is 0 Å². The van der Waals surface area contributed by atoms with Gasteiger partial charge in [-0.2, -0.15) is 8.78 Å². The Bertz CT molecular complexity index is 1000. The summed E-state index contributed by atoms with van der Waals surface area (Å²) in [5.74, 6) is -2.02. The molecule has 3 aromatic rings. The SMILES string of the molecule is O=C1C(C(OCc2ccccc2)=C(F)F)C(c2ccccc2)N1c1ccccc1. The second kappa shape index (κ2) is 8.27. The third-order valence-electron chi connectivity index (χ3n) is 4.98. The molecular formula is C24H19F2NO2. The molecule has 1 saturated heterocycles. The van der Waals surface area contributed by atoms with E-state index in [4.69, 9.17) is 4.74 Å². The van der Waals surface area contributed by atoms with Crippen LogP contribution >= 0.6 is 0 Å². The molecule has 0 bridgehead atoms. The van der Waals surface area contributed by atoms with Gasteiger partial charge in [0.25, 0.3) is 0 Å². The van der Waals surface area contributed by atoms with Crippen molar-refractivity contribution < 1.29 is 18.3 Å². The van der Waals surface area contributed by atoms with E-state index in [1.54, 1.807) is 29.2 Å². The highest BCUT2D eigenvalue weighted by Crippen LogP contribution is 2.48. The van der Waals surface area contributed by atoms with Crippen LogP contribution in [0.4, 0.5) is 14.5 Å². The van der Waals surface area contributed by atoms with Crippen molar-refractivity contribution >= 4 is 11.6 Å². The van der Waals surface area contributed by atoms with Crippen molar-refractivity contribution in [3.63, 3.8) is 0 Å². The number of benzene rings is 3.